The molecule has 0 aliphatic heterocycles. The number of nitrogens with zero attached hydrogens (tertiary/aromatic N) is 1. The van der Waals surface area contributed by atoms with E-state index in [9.17, 15) is 0 Å². The molecule has 0 aliphatic carbocycles. The molecule has 2 nitrogen and oxygen atoms in total. The minimum absolute atomic E-state index is 0.453. The van der Waals surface area contributed by atoms with Crippen LogP contribution in [0.3, 0.4) is 0 Å². The summed E-state index contributed by atoms with van der Waals surface area (Å²) in [5.74, 6) is 0.453. The van der Waals surface area contributed by atoms with Crippen LogP contribution in [0, 0.1) is 0 Å². The summed E-state index contributed by atoms with van der Waals surface area (Å²) in [5, 5.41) is 0. The average Bonchev–Trinajstić information content (AvgIpc) is 2.27. The van der Waals surface area contributed by atoms with Crippen LogP contribution in [0.15, 0.2) is 24.3 Å². The Hall–Kier alpha value is -0.860. The number of benzene rings is 1. The highest BCUT2D eigenvalue weighted by Crippen LogP contribution is 2.20. The van der Waals surface area contributed by atoms with E-state index in [1.165, 1.54) is 11.1 Å². The molecule has 2 atom stereocenters. The zero-order valence-corrected chi connectivity index (χ0v) is 10.2. The summed E-state index contributed by atoms with van der Waals surface area (Å²) in [4.78, 5) is 2.21. The van der Waals surface area contributed by atoms with Crippen LogP contribution in [0.5, 0.6) is 0 Å². The van der Waals surface area contributed by atoms with E-state index in [0.29, 0.717) is 18.5 Å². The highest BCUT2D eigenvalue weighted by molar-refractivity contribution is 5.27. The molecule has 0 saturated carbocycles. The van der Waals surface area contributed by atoms with Gasteiger partial charge in [-0.3, -0.25) is 0 Å². The van der Waals surface area contributed by atoms with Crippen molar-refractivity contribution >= 4 is 0 Å². The normalized spacial score (nSPS) is 15.3. The summed E-state index contributed by atoms with van der Waals surface area (Å²) in [6.45, 7) is 5.08. The van der Waals surface area contributed by atoms with Crippen molar-refractivity contribution in [3.63, 3.8) is 0 Å². The van der Waals surface area contributed by atoms with Gasteiger partial charge in [0, 0.05) is 6.04 Å². The van der Waals surface area contributed by atoms with Crippen LogP contribution in [-0.4, -0.2) is 25.5 Å². The van der Waals surface area contributed by atoms with Crippen molar-refractivity contribution in [1.29, 1.82) is 0 Å². The third kappa shape index (κ3) is 3.05. The highest BCUT2D eigenvalue weighted by atomic mass is 15.1. The van der Waals surface area contributed by atoms with Gasteiger partial charge in [0.2, 0.25) is 0 Å². The van der Waals surface area contributed by atoms with Gasteiger partial charge < -0.3 is 10.6 Å². The van der Waals surface area contributed by atoms with Crippen LogP contribution in [0.2, 0.25) is 0 Å². The van der Waals surface area contributed by atoms with Crippen molar-refractivity contribution in [3.05, 3.63) is 35.4 Å². The zero-order chi connectivity index (χ0) is 11.4. The molecule has 84 valence electrons. The van der Waals surface area contributed by atoms with E-state index in [1.54, 1.807) is 0 Å². The Labute approximate surface area is 93.1 Å². The van der Waals surface area contributed by atoms with Crippen LogP contribution in [-0.2, 0) is 0 Å². The molecule has 2 heteroatoms. The topological polar surface area (TPSA) is 29.3 Å². The Bertz CT molecular complexity index is 290. The number of hydrogen-bond donors (Lipinski definition) is 1. The minimum atomic E-state index is 0.453. The van der Waals surface area contributed by atoms with E-state index in [-0.39, 0.29) is 0 Å². The van der Waals surface area contributed by atoms with Gasteiger partial charge in [0.1, 0.15) is 0 Å². The molecule has 0 heterocycles. The first-order chi connectivity index (χ1) is 7.06. The van der Waals surface area contributed by atoms with Crippen LogP contribution < -0.4 is 5.73 Å². The third-order valence-electron chi connectivity index (χ3n) is 3.12. The van der Waals surface area contributed by atoms with E-state index < -0.39 is 0 Å². The second kappa shape index (κ2) is 5.29. The lowest BCUT2D eigenvalue weighted by Gasteiger charge is -2.20. The molecule has 1 aromatic carbocycles. The molecule has 0 bridgehead atoms. The number of hydrogen-bond acceptors (Lipinski definition) is 2. The predicted molar refractivity (Wildman–Crippen MR) is 66.0 cm³/mol. The second-order valence-electron chi connectivity index (χ2n) is 4.44. The lowest BCUT2D eigenvalue weighted by molar-refractivity contribution is 0.321. The summed E-state index contributed by atoms with van der Waals surface area (Å²) >= 11 is 0. The van der Waals surface area contributed by atoms with Crippen molar-refractivity contribution in [1.82, 2.24) is 4.90 Å². The van der Waals surface area contributed by atoms with Gasteiger partial charge in [-0.2, -0.15) is 0 Å². The molecule has 1 aromatic rings. The molecular formula is C13H22N2. The Balaban J connectivity index is 2.80. The molecule has 1 rings (SSSR count). The molecular weight excluding hydrogens is 184 g/mol. The SMILES string of the molecule is CC(CN)c1ccc(C(C)N(C)C)cc1. The molecule has 2 N–H and O–H groups in total. The number of nitrogens with two attached hydrogens (primary N) is 1. The van der Waals surface area contributed by atoms with Crippen molar-refractivity contribution < 1.29 is 0 Å². The Kier molecular flexibility index (Phi) is 4.30. The summed E-state index contributed by atoms with van der Waals surface area (Å²) in [6, 6.07) is 9.24. The van der Waals surface area contributed by atoms with Gasteiger partial charge in [0.25, 0.3) is 0 Å². The first kappa shape index (κ1) is 12.2. The van der Waals surface area contributed by atoms with E-state index in [4.69, 9.17) is 5.73 Å². The molecule has 0 radical (unpaired) electrons. The lowest BCUT2D eigenvalue weighted by atomic mass is 9.98. The van der Waals surface area contributed by atoms with Gasteiger partial charge in [-0.05, 0) is 44.6 Å². The third-order valence-corrected chi connectivity index (χ3v) is 3.12. The van der Waals surface area contributed by atoms with Crippen LogP contribution in [0.25, 0.3) is 0 Å². The van der Waals surface area contributed by atoms with E-state index in [0.717, 1.165) is 0 Å². The largest absolute Gasteiger partial charge is 0.330 e. The smallest absolute Gasteiger partial charge is 0.0313 e. The van der Waals surface area contributed by atoms with E-state index in [2.05, 4.69) is 57.1 Å². The maximum absolute atomic E-state index is 5.64. The van der Waals surface area contributed by atoms with Gasteiger partial charge in [0.15, 0.2) is 0 Å². The summed E-state index contributed by atoms with van der Waals surface area (Å²) in [5.41, 5.74) is 8.32. The van der Waals surface area contributed by atoms with Crippen LogP contribution in [0.4, 0.5) is 0 Å². The molecule has 15 heavy (non-hydrogen) atoms. The molecule has 0 aromatic heterocycles. The second-order valence-corrected chi connectivity index (χ2v) is 4.44. The summed E-state index contributed by atoms with van der Waals surface area (Å²) in [7, 11) is 4.20. The summed E-state index contributed by atoms with van der Waals surface area (Å²) in [6.07, 6.45) is 0. The Morgan fingerprint density at radius 3 is 1.93 bits per heavy atom. The van der Waals surface area contributed by atoms with Crippen molar-refractivity contribution in [2.75, 3.05) is 20.6 Å². The van der Waals surface area contributed by atoms with Gasteiger partial charge in [-0.15, -0.1) is 0 Å². The van der Waals surface area contributed by atoms with Crippen LogP contribution in [0.1, 0.15) is 36.9 Å². The van der Waals surface area contributed by atoms with Crippen molar-refractivity contribution in [2.45, 2.75) is 25.8 Å². The van der Waals surface area contributed by atoms with Gasteiger partial charge >= 0.3 is 0 Å². The highest BCUT2D eigenvalue weighted by Gasteiger charge is 2.08. The predicted octanol–water partition coefficient (Wildman–Crippen LogP) is 2.37. The van der Waals surface area contributed by atoms with Gasteiger partial charge in [0.05, 0.1) is 0 Å². The van der Waals surface area contributed by atoms with E-state index >= 15 is 0 Å². The Morgan fingerprint density at radius 2 is 1.53 bits per heavy atom. The maximum atomic E-state index is 5.64. The fourth-order valence-corrected chi connectivity index (χ4v) is 1.54. The Morgan fingerprint density at radius 1 is 1.07 bits per heavy atom. The fourth-order valence-electron chi connectivity index (χ4n) is 1.54. The summed E-state index contributed by atoms with van der Waals surface area (Å²) < 4.78 is 0. The maximum Gasteiger partial charge on any atom is 0.0313 e. The van der Waals surface area contributed by atoms with Crippen molar-refractivity contribution in [2.24, 2.45) is 5.73 Å². The molecule has 0 fully saturated rings. The lowest BCUT2D eigenvalue weighted by Crippen LogP contribution is -2.16. The van der Waals surface area contributed by atoms with E-state index in [1.807, 2.05) is 0 Å². The van der Waals surface area contributed by atoms with Crippen molar-refractivity contribution in [3.8, 4) is 0 Å². The first-order valence-electron chi connectivity index (χ1n) is 5.52. The average molecular weight is 206 g/mol. The monoisotopic (exact) mass is 206 g/mol. The minimum Gasteiger partial charge on any atom is -0.330 e. The zero-order valence-electron chi connectivity index (χ0n) is 10.2. The number of rotatable bonds is 4. The molecule has 2 unspecified atom stereocenters. The molecule has 0 amide bonds. The van der Waals surface area contributed by atoms with Crippen LogP contribution >= 0.6 is 0 Å². The fraction of sp³-hybridized carbons (Fsp3) is 0.538. The molecule has 0 saturated heterocycles. The molecule has 0 spiro atoms. The first-order valence-corrected chi connectivity index (χ1v) is 5.52. The standard InChI is InChI=1S/C13H22N2/c1-10(9-14)12-5-7-13(8-6-12)11(2)15(3)4/h5-8,10-11H,9,14H2,1-4H3. The quantitative estimate of drug-likeness (QED) is 0.819. The van der Waals surface area contributed by atoms with Gasteiger partial charge in [-0.1, -0.05) is 31.2 Å². The molecule has 0 aliphatic rings. The van der Waals surface area contributed by atoms with Gasteiger partial charge in [-0.25, -0.2) is 0 Å².